The molecule has 2 aliphatic heterocycles. The van der Waals surface area contributed by atoms with Crippen LogP contribution in [0, 0.1) is 0 Å². The van der Waals surface area contributed by atoms with Crippen molar-refractivity contribution >= 4 is 16.8 Å². The number of ether oxygens (including phenoxy) is 4. The maximum atomic E-state index is 7.05. The van der Waals surface area contributed by atoms with Crippen molar-refractivity contribution < 1.29 is 18.9 Å². The smallest absolute Gasteiger partial charge is 0.178 e. The lowest BCUT2D eigenvalue weighted by molar-refractivity contribution is 0.134. The van der Waals surface area contributed by atoms with Gasteiger partial charge in [0.15, 0.2) is 5.60 Å². The van der Waals surface area contributed by atoms with Crippen LogP contribution in [-0.4, -0.2) is 14.2 Å². The zero-order chi connectivity index (χ0) is 22.4. The van der Waals surface area contributed by atoms with Crippen LogP contribution < -0.4 is 14.2 Å². The third-order valence-electron chi connectivity index (χ3n) is 6.71. The van der Waals surface area contributed by atoms with Gasteiger partial charge in [-0.3, -0.25) is 0 Å². The van der Waals surface area contributed by atoms with Crippen LogP contribution in [0.2, 0.25) is 0 Å². The summed E-state index contributed by atoms with van der Waals surface area (Å²) in [5.74, 6) is 2.51. The molecule has 6 rings (SSSR count). The summed E-state index contributed by atoms with van der Waals surface area (Å²) in [6, 6.07) is 24.6. The number of hydrogen-bond acceptors (Lipinski definition) is 4. The van der Waals surface area contributed by atoms with Crippen LogP contribution in [0.4, 0.5) is 0 Å². The van der Waals surface area contributed by atoms with E-state index < -0.39 is 5.60 Å². The fourth-order valence-corrected chi connectivity index (χ4v) is 4.97. The number of benzene rings is 4. The molecule has 33 heavy (non-hydrogen) atoms. The van der Waals surface area contributed by atoms with E-state index in [1.165, 1.54) is 16.5 Å². The van der Waals surface area contributed by atoms with Gasteiger partial charge in [-0.1, -0.05) is 54.6 Å². The first kappa shape index (κ1) is 19.9. The quantitative estimate of drug-likeness (QED) is 0.380. The Morgan fingerprint density at radius 3 is 1.88 bits per heavy atom. The molecule has 164 valence electrons. The summed E-state index contributed by atoms with van der Waals surface area (Å²) in [6.07, 6.45) is 4.36. The van der Waals surface area contributed by atoms with Gasteiger partial charge >= 0.3 is 0 Å². The summed E-state index contributed by atoms with van der Waals surface area (Å²) >= 11 is 0. The van der Waals surface area contributed by atoms with Crippen LogP contribution in [0.15, 0.2) is 78.9 Å². The first-order valence-electron chi connectivity index (χ1n) is 11.0. The van der Waals surface area contributed by atoms with Gasteiger partial charge < -0.3 is 18.9 Å². The van der Waals surface area contributed by atoms with Crippen LogP contribution >= 0.6 is 0 Å². The van der Waals surface area contributed by atoms with Crippen molar-refractivity contribution in [1.29, 1.82) is 0 Å². The summed E-state index contributed by atoms with van der Waals surface area (Å²) < 4.78 is 23.7. The first-order chi connectivity index (χ1) is 16.2. The molecule has 0 amide bonds. The third-order valence-corrected chi connectivity index (χ3v) is 6.71. The Hall–Kier alpha value is -3.76. The molecule has 4 nitrogen and oxygen atoms in total. The van der Waals surface area contributed by atoms with Crippen LogP contribution in [0.25, 0.3) is 16.8 Å². The highest BCUT2D eigenvalue weighted by atomic mass is 16.5. The average Bonchev–Trinajstić information content (AvgIpc) is 3.39. The molecule has 0 spiro atoms. The van der Waals surface area contributed by atoms with E-state index in [1.807, 2.05) is 24.3 Å². The number of rotatable bonds is 4. The lowest BCUT2D eigenvalue weighted by Gasteiger charge is -2.37. The predicted molar refractivity (Wildman–Crippen MR) is 129 cm³/mol. The van der Waals surface area contributed by atoms with Gasteiger partial charge in [-0.15, -0.1) is 0 Å². The first-order valence-corrected chi connectivity index (χ1v) is 11.0. The summed E-state index contributed by atoms with van der Waals surface area (Å²) in [4.78, 5) is 0. The summed E-state index contributed by atoms with van der Waals surface area (Å²) in [5.41, 5.74) is 4.85. The summed E-state index contributed by atoms with van der Waals surface area (Å²) in [6.45, 7) is 1.24. The van der Waals surface area contributed by atoms with E-state index in [-0.39, 0.29) is 0 Å². The SMILES string of the molecule is COc1ccc(C2(c3ccc(OC)cc3)C=Cc3c4c(c5ccccc5c3O2)COC4)cc1. The minimum Gasteiger partial charge on any atom is -0.497 e. The standard InChI is InChI=1S/C29H24O4/c1-30-21-11-7-19(8-12-21)29(20-9-13-22(31-2)14-10-20)16-15-25-27-18-32-17-26(27)23-5-3-4-6-24(23)28(25)33-29/h3-16H,17-18H2,1-2H3. The van der Waals surface area contributed by atoms with Crippen molar-refractivity contribution in [1.82, 2.24) is 0 Å². The summed E-state index contributed by atoms with van der Waals surface area (Å²) in [7, 11) is 3.35. The van der Waals surface area contributed by atoms with Crippen molar-refractivity contribution in [2.45, 2.75) is 18.8 Å². The normalized spacial score (nSPS) is 15.6. The Bertz CT molecular complexity index is 1320. The van der Waals surface area contributed by atoms with Crippen molar-refractivity contribution in [2.24, 2.45) is 0 Å². The molecule has 0 unspecified atom stereocenters. The molecule has 0 N–H and O–H groups in total. The lowest BCUT2D eigenvalue weighted by Crippen LogP contribution is -2.34. The van der Waals surface area contributed by atoms with Gasteiger partial charge in [0.1, 0.15) is 17.2 Å². The topological polar surface area (TPSA) is 36.9 Å². The Balaban J connectivity index is 1.60. The van der Waals surface area contributed by atoms with Crippen LogP contribution in [0.5, 0.6) is 17.2 Å². The fourth-order valence-electron chi connectivity index (χ4n) is 4.97. The molecule has 4 aromatic rings. The van der Waals surface area contributed by atoms with E-state index >= 15 is 0 Å². The molecule has 0 fully saturated rings. The van der Waals surface area contributed by atoms with E-state index in [2.05, 4.69) is 60.7 Å². The minimum atomic E-state index is -0.790. The molecule has 0 aromatic heterocycles. The van der Waals surface area contributed by atoms with Gasteiger partial charge in [0, 0.05) is 22.1 Å². The monoisotopic (exact) mass is 436 g/mol. The van der Waals surface area contributed by atoms with Crippen LogP contribution in [0.3, 0.4) is 0 Å². The van der Waals surface area contributed by atoms with Crippen molar-refractivity contribution in [3.63, 3.8) is 0 Å². The van der Waals surface area contributed by atoms with Gasteiger partial charge in [0.2, 0.25) is 0 Å². The largest absolute Gasteiger partial charge is 0.497 e. The minimum absolute atomic E-state index is 0.605. The third kappa shape index (κ3) is 3.02. The molecule has 0 saturated carbocycles. The van der Waals surface area contributed by atoms with Crippen molar-refractivity contribution in [3.05, 3.63) is 107 Å². The van der Waals surface area contributed by atoms with Gasteiger partial charge in [-0.25, -0.2) is 0 Å². The lowest BCUT2D eigenvalue weighted by atomic mass is 9.82. The van der Waals surface area contributed by atoms with E-state index in [0.29, 0.717) is 13.2 Å². The Morgan fingerprint density at radius 1 is 0.697 bits per heavy atom. The predicted octanol–water partition coefficient (Wildman–Crippen LogP) is 6.24. The fraction of sp³-hybridized carbons (Fsp3) is 0.172. The second-order valence-electron chi connectivity index (χ2n) is 8.37. The second kappa shape index (κ2) is 7.68. The van der Waals surface area contributed by atoms with Gasteiger partial charge in [-0.05, 0) is 46.9 Å². The van der Waals surface area contributed by atoms with Gasteiger partial charge in [0.05, 0.1) is 27.4 Å². The van der Waals surface area contributed by atoms with Crippen molar-refractivity contribution in [3.8, 4) is 17.2 Å². The van der Waals surface area contributed by atoms with Crippen LogP contribution in [-0.2, 0) is 23.6 Å². The number of hydrogen-bond donors (Lipinski definition) is 0. The molecule has 2 aliphatic rings. The second-order valence-corrected chi connectivity index (χ2v) is 8.37. The molecule has 0 bridgehead atoms. The molecular weight excluding hydrogens is 412 g/mol. The Kier molecular flexibility index (Phi) is 4.63. The van der Waals surface area contributed by atoms with Gasteiger partial charge in [-0.2, -0.15) is 0 Å². The highest BCUT2D eigenvalue weighted by molar-refractivity contribution is 5.97. The van der Waals surface area contributed by atoms with E-state index in [9.17, 15) is 0 Å². The molecule has 4 aromatic carbocycles. The summed E-state index contributed by atoms with van der Waals surface area (Å²) in [5, 5.41) is 2.30. The molecule has 0 radical (unpaired) electrons. The molecule has 4 heteroatoms. The maximum Gasteiger partial charge on any atom is 0.178 e. The van der Waals surface area contributed by atoms with Gasteiger partial charge in [0.25, 0.3) is 0 Å². The maximum absolute atomic E-state index is 7.05. The highest BCUT2D eigenvalue weighted by Crippen LogP contribution is 2.49. The molecule has 0 aliphatic carbocycles. The van der Waals surface area contributed by atoms with E-state index in [1.54, 1.807) is 14.2 Å². The zero-order valence-corrected chi connectivity index (χ0v) is 18.6. The Labute approximate surface area is 193 Å². The molecule has 0 atom stereocenters. The van der Waals surface area contributed by atoms with E-state index in [4.69, 9.17) is 18.9 Å². The average molecular weight is 437 g/mol. The number of methoxy groups -OCH3 is 2. The molecule has 2 heterocycles. The van der Waals surface area contributed by atoms with Crippen LogP contribution in [0.1, 0.15) is 27.8 Å². The Morgan fingerprint density at radius 2 is 1.27 bits per heavy atom. The van der Waals surface area contributed by atoms with Crippen molar-refractivity contribution in [2.75, 3.05) is 14.2 Å². The molecule has 0 saturated heterocycles. The van der Waals surface area contributed by atoms with E-state index in [0.717, 1.165) is 39.3 Å². The highest BCUT2D eigenvalue weighted by Gasteiger charge is 2.39. The number of fused-ring (bicyclic) bond motifs is 6. The molecular formula is C29H24O4. The zero-order valence-electron chi connectivity index (χ0n) is 18.6.